The summed E-state index contributed by atoms with van der Waals surface area (Å²) in [5, 5.41) is 55.1. The highest BCUT2D eigenvalue weighted by Crippen LogP contribution is 2.12. The van der Waals surface area contributed by atoms with E-state index in [1.54, 1.807) is 27.7 Å². The summed E-state index contributed by atoms with van der Waals surface area (Å²) in [5.74, 6) is -10.3. The van der Waals surface area contributed by atoms with Gasteiger partial charge in [-0.15, -0.1) is 0 Å². The number of aliphatic imine (C=N–C) groups is 2. The molecule has 29 heteroatoms. The third-order valence-corrected chi connectivity index (χ3v) is 11.6. The van der Waals surface area contributed by atoms with Gasteiger partial charge in [-0.05, 0) is 89.5 Å². The molecule has 0 radical (unpaired) electrons. The van der Waals surface area contributed by atoms with E-state index in [2.05, 4.69) is 63.2 Å². The first kappa shape index (κ1) is 66.1. The number of rotatable bonds is 34. The predicted octanol–water partition coefficient (Wildman–Crippen LogP) is -5.93. The average Bonchev–Trinajstić information content (AvgIpc) is 3.87. The van der Waals surface area contributed by atoms with Crippen LogP contribution in [0.3, 0.4) is 0 Å². The summed E-state index contributed by atoms with van der Waals surface area (Å²) in [6.45, 7) is 11.6. The van der Waals surface area contributed by atoms with E-state index in [-0.39, 0.29) is 75.4 Å². The summed E-state index contributed by atoms with van der Waals surface area (Å²) in [6.07, 6.45) is 1.46. The number of hydrogen-bond donors (Lipinski definition) is 17. The highest BCUT2D eigenvalue weighted by atomic mass is 16.4. The Hall–Kier alpha value is -6.88. The molecule has 21 N–H and O–H groups in total. The Morgan fingerprint density at radius 2 is 0.893 bits per heavy atom. The van der Waals surface area contributed by atoms with Crippen molar-refractivity contribution in [1.29, 1.82) is 0 Å². The van der Waals surface area contributed by atoms with Crippen LogP contribution in [0.25, 0.3) is 0 Å². The number of aliphatic hydroxyl groups is 2. The van der Waals surface area contributed by atoms with E-state index in [0.29, 0.717) is 13.0 Å². The van der Waals surface area contributed by atoms with Gasteiger partial charge in [0, 0.05) is 13.1 Å². The first-order chi connectivity index (χ1) is 35.1. The molecule has 75 heavy (non-hydrogen) atoms. The minimum atomic E-state index is -1.67. The third kappa shape index (κ3) is 25.3. The molecule has 1 aliphatic heterocycles. The number of nitrogens with zero attached hydrogens (tertiary/aromatic N) is 2. The van der Waals surface area contributed by atoms with Crippen molar-refractivity contribution in [3.05, 3.63) is 0 Å². The Bertz CT molecular complexity index is 1990. The molecule has 1 fully saturated rings. The lowest BCUT2D eigenvalue weighted by Gasteiger charge is -2.28. The molecule has 426 valence electrons. The van der Waals surface area contributed by atoms with Gasteiger partial charge in [0.15, 0.2) is 11.9 Å². The molecule has 10 atom stereocenters. The standard InChI is InChI=1S/C46H84N16O13/c1-22(2)18-30(58-36(66)27-12-9-15-51-27)39(69)60-32(20-63)41(71)57-28(13-10-16-52-45(47)48)37(67)56-29(14-11-17-53-46(49)50)38(68)59-31(19-23(3)4)40(70)61-33(21-64)42(72)62-34(24(5)6)43(73)54-25(7)35(65)55-26(8)44(74)75/h22-34,51,63-64H,9-21H2,1-8H3,(H,54,73)(H,55,65)(H,56,67)(H,57,71)(H,58,66)(H,59,68)(H,60,69)(H,61,70)(H,62,72)(H,74,75)(H4,47,48,52)(H4,49,50,53)/t25-,26-,27-,28-,29-,30-,31-,32-,33-,34-/m0/s1. The van der Waals surface area contributed by atoms with E-state index in [9.17, 15) is 58.2 Å². The monoisotopic (exact) mass is 1070 g/mol. The second-order valence-corrected chi connectivity index (χ2v) is 19.6. The Morgan fingerprint density at radius 3 is 1.28 bits per heavy atom. The fourth-order valence-electron chi connectivity index (χ4n) is 7.44. The molecule has 0 saturated carbocycles. The predicted molar refractivity (Wildman–Crippen MR) is 275 cm³/mol. The van der Waals surface area contributed by atoms with Crippen LogP contribution < -0.4 is 76.1 Å². The molecule has 0 spiro atoms. The van der Waals surface area contributed by atoms with Gasteiger partial charge in [0.2, 0.25) is 53.2 Å². The van der Waals surface area contributed by atoms with E-state index in [1.807, 2.05) is 13.8 Å². The van der Waals surface area contributed by atoms with Crippen molar-refractivity contribution in [2.24, 2.45) is 50.7 Å². The molecule has 1 heterocycles. The molecule has 1 saturated heterocycles. The number of carbonyl (C=O) groups excluding carboxylic acids is 9. The van der Waals surface area contributed by atoms with Crippen LogP contribution in [0.4, 0.5) is 0 Å². The lowest BCUT2D eigenvalue weighted by molar-refractivity contribution is -0.141. The van der Waals surface area contributed by atoms with Crippen molar-refractivity contribution in [2.45, 2.75) is 167 Å². The third-order valence-electron chi connectivity index (χ3n) is 11.6. The SMILES string of the molecule is CC(C)C[C@H](NC(=O)[C@@H]1CCCN1)C(=O)N[C@@H](CO)C(=O)N[C@@H](CCCN=C(N)N)C(=O)N[C@@H](CCCN=C(N)N)C(=O)N[C@@H](CC(C)C)C(=O)N[C@@H](CO)C(=O)N[C@H](C(=O)N[C@@H](C)C(=O)N[C@@H](C)C(=O)O)C(C)C. The van der Waals surface area contributed by atoms with E-state index in [4.69, 9.17) is 28.0 Å². The lowest BCUT2D eigenvalue weighted by atomic mass is 10.0. The highest BCUT2D eigenvalue weighted by Gasteiger charge is 2.36. The van der Waals surface area contributed by atoms with Crippen LogP contribution in [-0.4, -0.2) is 180 Å². The molecule has 1 aliphatic rings. The van der Waals surface area contributed by atoms with Crippen molar-refractivity contribution in [2.75, 3.05) is 32.8 Å². The number of amides is 9. The number of carbonyl (C=O) groups is 10. The second-order valence-electron chi connectivity index (χ2n) is 19.6. The van der Waals surface area contributed by atoms with Crippen LogP contribution in [0.2, 0.25) is 0 Å². The van der Waals surface area contributed by atoms with Crippen LogP contribution in [0.1, 0.15) is 107 Å². The topological polar surface area (TPSA) is 480 Å². The molecule has 0 aromatic heterocycles. The molecule has 29 nitrogen and oxygen atoms in total. The quantitative estimate of drug-likeness (QED) is 0.0162. The van der Waals surface area contributed by atoms with Crippen molar-refractivity contribution >= 4 is 71.1 Å². The maximum Gasteiger partial charge on any atom is 0.325 e. The van der Waals surface area contributed by atoms with E-state index < -0.39 is 139 Å². The van der Waals surface area contributed by atoms with Crippen LogP contribution in [0, 0.1) is 17.8 Å². The summed E-state index contributed by atoms with van der Waals surface area (Å²) in [4.78, 5) is 141. The van der Waals surface area contributed by atoms with Crippen LogP contribution in [0.5, 0.6) is 0 Å². The Balaban J connectivity index is 3.43. The van der Waals surface area contributed by atoms with Gasteiger partial charge in [0.25, 0.3) is 0 Å². The van der Waals surface area contributed by atoms with Crippen molar-refractivity contribution in [1.82, 2.24) is 53.2 Å². The second kappa shape index (κ2) is 33.8. The number of hydrogen-bond acceptors (Lipinski definition) is 15. The average molecular weight is 1070 g/mol. The van der Waals surface area contributed by atoms with Crippen molar-refractivity contribution in [3.8, 4) is 0 Å². The van der Waals surface area contributed by atoms with Crippen molar-refractivity contribution in [3.63, 3.8) is 0 Å². The summed E-state index contributed by atoms with van der Waals surface area (Å²) in [7, 11) is 0. The van der Waals surface area contributed by atoms with Crippen LogP contribution >= 0.6 is 0 Å². The summed E-state index contributed by atoms with van der Waals surface area (Å²) < 4.78 is 0. The van der Waals surface area contributed by atoms with Gasteiger partial charge in [-0.3, -0.25) is 57.9 Å². The number of guanidine groups is 2. The van der Waals surface area contributed by atoms with E-state index in [0.717, 1.165) is 6.42 Å². The zero-order valence-corrected chi connectivity index (χ0v) is 44.3. The molecule has 1 rings (SSSR count). The maximum absolute atomic E-state index is 14.2. The van der Waals surface area contributed by atoms with Crippen LogP contribution in [-0.2, 0) is 47.9 Å². The molecule has 0 aromatic rings. The molecular weight excluding hydrogens is 985 g/mol. The first-order valence-corrected chi connectivity index (χ1v) is 25.1. The molecular formula is C46H84N16O13. The number of nitrogens with one attached hydrogen (secondary N) is 10. The lowest BCUT2D eigenvalue weighted by Crippen LogP contribution is -2.61. The fraction of sp³-hybridized carbons (Fsp3) is 0.739. The Labute approximate surface area is 437 Å². The largest absolute Gasteiger partial charge is 0.480 e. The van der Waals surface area contributed by atoms with E-state index >= 15 is 0 Å². The molecule has 9 amide bonds. The minimum Gasteiger partial charge on any atom is -0.480 e. The first-order valence-electron chi connectivity index (χ1n) is 25.1. The highest BCUT2D eigenvalue weighted by molar-refractivity contribution is 5.98. The molecule has 0 bridgehead atoms. The summed E-state index contributed by atoms with van der Waals surface area (Å²) >= 11 is 0. The van der Waals surface area contributed by atoms with Gasteiger partial charge >= 0.3 is 5.97 Å². The fourth-order valence-corrected chi connectivity index (χ4v) is 7.44. The molecule has 0 unspecified atom stereocenters. The Kier molecular flexibility index (Phi) is 29.8. The van der Waals surface area contributed by atoms with Gasteiger partial charge in [-0.2, -0.15) is 0 Å². The maximum atomic E-state index is 14.2. The number of aliphatic carboxylic acids is 1. The normalized spacial score (nSPS) is 16.7. The number of carboxylic acids is 1. The van der Waals surface area contributed by atoms with E-state index in [1.165, 1.54) is 13.8 Å². The number of aliphatic hydroxyl groups excluding tert-OH is 2. The smallest absolute Gasteiger partial charge is 0.325 e. The number of nitrogens with two attached hydrogens (primary N) is 4. The van der Waals surface area contributed by atoms with Crippen LogP contribution in [0.15, 0.2) is 9.98 Å². The van der Waals surface area contributed by atoms with Gasteiger partial charge in [-0.1, -0.05) is 41.5 Å². The zero-order chi connectivity index (χ0) is 57.1. The molecule has 0 aromatic carbocycles. The van der Waals surface area contributed by atoms with Crippen molar-refractivity contribution < 1.29 is 63.3 Å². The Morgan fingerprint density at radius 1 is 0.507 bits per heavy atom. The summed E-state index contributed by atoms with van der Waals surface area (Å²) in [5.41, 5.74) is 22.0. The molecule has 0 aliphatic carbocycles. The van der Waals surface area contributed by atoms with Gasteiger partial charge in [-0.25, -0.2) is 0 Å². The van der Waals surface area contributed by atoms with Gasteiger partial charge in [0.1, 0.15) is 54.4 Å². The zero-order valence-electron chi connectivity index (χ0n) is 44.3. The van der Waals surface area contributed by atoms with Gasteiger partial charge < -0.3 is 91.4 Å². The number of carboxylic acid groups (broad SMARTS) is 1. The summed E-state index contributed by atoms with van der Waals surface area (Å²) in [6, 6.07) is -12.9. The minimum absolute atomic E-state index is 0.00258. The van der Waals surface area contributed by atoms with Gasteiger partial charge in [0.05, 0.1) is 19.3 Å².